The van der Waals surface area contributed by atoms with Crippen molar-refractivity contribution in [1.29, 1.82) is 0 Å². The lowest BCUT2D eigenvalue weighted by atomic mass is 9.96. The number of likely N-dealkylation sites (N-methyl/N-ethyl adjacent to an activating group) is 1. The second kappa shape index (κ2) is 8.08. The molecule has 1 rings (SSSR count). The predicted octanol–water partition coefficient (Wildman–Crippen LogP) is 0.361. The second-order valence-corrected chi connectivity index (χ2v) is 4.83. The van der Waals surface area contributed by atoms with E-state index >= 15 is 0 Å². The highest BCUT2D eigenvalue weighted by Gasteiger charge is 2.26. The van der Waals surface area contributed by atoms with E-state index in [9.17, 15) is 9.59 Å². The molecule has 1 aliphatic heterocycles. The summed E-state index contributed by atoms with van der Waals surface area (Å²) in [4.78, 5) is 25.3. The minimum Gasteiger partial charge on any atom is -0.356 e. The summed E-state index contributed by atoms with van der Waals surface area (Å²) in [6, 6.07) is 0. The normalized spacial score (nSPS) is 16.7. The highest BCUT2D eigenvalue weighted by molar-refractivity contribution is 5.80. The molecule has 104 valence electrons. The van der Waals surface area contributed by atoms with E-state index in [1.807, 2.05) is 4.90 Å². The molecule has 0 aromatic rings. The molecule has 0 aliphatic carbocycles. The number of piperidine rings is 1. The first kappa shape index (κ1) is 15.0. The lowest BCUT2D eigenvalue weighted by Crippen LogP contribution is -2.45. The quantitative estimate of drug-likeness (QED) is 0.674. The van der Waals surface area contributed by atoms with Gasteiger partial charge in [0.1, 0.15) is 0 Å². The van der Waals surface area contributed by atoms with Gasteiger partial charge in [0.05, 0.1) is 6.54 Å². The number of carbonyl (C=O) groups excluding carboxylic acids is 2. The molecule has 1 fully saturated rings. The summed E-state index contributed by atoms with van der Waals surface area (Å²) >= 11 is 0. The fourth-order valence-electron chi connectivity index (χ4n) is 2.19. The monoisotopic (exact) mass is 255 g/mol. The molecule has 1 saturated heterocycles. The molecule has 0 radical (unpaired) electrons. The Balaban J connectivity index is 2.26. The minimum atomic E-state index is 0.0838. The molecule has 0 bridgehead atoms. The Kier molecular flexibility index (Phi) is 6.72. The summed E-state index contributed by atoms with van der Waals surface area (Å²) in [6.07, 6.45) is 3.70. The number of rotatable bonds is 6. The molecule has 0 spiro atoms. The van der Waals surface area contributed by atoms with Gasteiger partial charge in [-0.05, 0) is 26.3 Å². The van der Waals surface area contributed by atoms with Crippen molar-refractivity contribution in [2.24, 2.45) is 5.92 Å². The van der Waals surface area contributed by atoms with E-state index in [2.05, 4.69) is 17.6 Å². The van der Waals surface area contributed by atoms with Crippen molar-refractivity contribution in [3.8, 4) is 0 Å². The molecule has 0 aromatic carbocycles. The SMILES string of the molecule is CCCCNC(=O)C1CCN(C(=O)CNC)CC1. The number of likely N-dealkylation sites (tertiary alicyclic amines) is 1. The van der Waals surface area contributed by atoms with Crippen LogP contribution in [0.5, 0.6) is 0 Å². The number of nitrogens with zero attached hydrogens (tertiary/aromatic N) is 1. The van der Waals surface area contributed by atoms with Crippen LogP contribution in [0.15, 0.2) is 0 Å². The first-order valence-corrected chi connectivity index (χ1v) is 6.89. The molecule has 2 amide bonds. The Bertz CT molecular complexity index is 273. The maximum Gasteiger partial charge on any atom is 0.236 e. The van der Waals surface area contributed by atoms with Crippen molar-refractivity contribution in [2.75, 3.05) is 33.2 Å². The third-order valence-electron chi connectivity index (χ3n) is 3.38. The zero-order valence-electron chi connectivity index (χ0n) is 11.5. The van der Waals surface area contributed by atoms with Gasteiger partial charge in [0.15, 0.2) is 0 Å². The molecular weight excluding hydrogens is 230 g/mol. The van der Waals surface area contributed by atoms with Gasteiger partial charge in [-0.15, -0.1) is 0 Å². The zero-order chi connectivity index (χ0) is 13.4. The van der Waals surface area contributed by atoms with Crippen molar-refractivity contribution in [2.45, 2.75) is 32.6 Å². The third kappa shape index (κ3) is 4.64. The molecule has 0 saturated carbocycles. The van der Waals surface area contributed by atoms with Gasteiger partial charge >= 0.3 is 0 Å². The molecule has 1 heterocycles. The topological polar surface area (TPSA) is 61.4 Å². The summed E-state index contributed by atoms with van der Waals surface area (Å²) in [6.45, 7) is 4.67. The van der Waals surface area contributed by atoms with E-state index in [0.29, 0.717) is 19.6 Å². The Morgan fingerprint density at radius 2 is 1.94 bits per heavy atom. The molecule has 5 heteroatoms. The minimum absolute atomic E-state index is 0.0838. The summed E-state index contributed by atoms with van der Waals surface area (Å²) in [5.74, 6) is 0.368. The van der Waals surface area contributed by atoms with Crippen LogP contribution in [0.3, 0.4) is 0 Å². The van der Waals surface area contributed by atoms with Crippen molar-refractivity contribution in [1.82, 2.24) is 15.5 Å². The average molecular weight is 255 g/mol. The molecule has 0 aromatic heterocycles. The highest BCUT2D eigenvalue weighted by atomic mass is 16.2. The number of unbranched alkanes of at least 4 members (excludes halogenated alkanes) is 1. The first-order valence-electron chi connectivity index (χ1n) is 6.89. The molecule has 1 aliphatic rings. The molecule has 0 atom stereocenters. The van der Waals surface area contributed by atoms with E-state index in [4.69, 9.17) is 0 Å². The number of carbonyl (C=O) groups is 2. The van der Waals surface area contributed by atoms with Crippen LogP contribution < -0.4 is 10.6 Å². The van der Waals surface area contributed by atoms with Crippen LogP contribution in [-0.4, -0.2) is 49.9 Å². The highest BCUT2D eigenvalue weighted by Crippen LogP contribution is 2.17. The van der Waals surface area contributed by atoms with Gasteiger partial charge < -0.3 is 15.5 Å². The van der Waals surface area contributed by atoms with E-state index in [1.54, 1.807) is 7.05 Å². The zero-order valence-corrected chi connectivity index (χ0v) is 11.5. The van der Waals surface area contributed by atoms with Gasteiger partial charge in [-0.25, -0.2) is 0 Å². The molecular formula is C13H25N3O2. The summed E-state index contributed by atoms with van der Waals surface area (Å²) in [5.41, 5.74) is 0. The van der Waals surface area contributed by atoms with Crippen LogP contribution in [0.4, 0.5) is 0 Å². The van der Waals surface area contributed by atoms with Crippen LogP contribution in [-0.2, 0) is 9.59 Å². The van der Waals surface area contributed by atoms with Crippen molar-refractivity contribution in [3.05, 3.63) is 0 Å². The standard InChI is InChI=1S/C13H25N3O2/c1-3-4-7-15-13(18)11-5-8-16(9-6-11)12(17)10-14-2/h11,14H,3-10H2,1-2H3,(H,15,18). The number of hydrogen-bond acceptors (Lipinski definition) is 3. The third-order valence-corrected chi connectivity index (χ3v) is 3.38. The second-order valence-electron chi connectivity index (χ2n) is 4.83. The number of nitrogens with one attached hydrogen (secondary N) is 2. The summed E-state index contributed by atoms with van der Waals surface area (Å²) in [7, 11) is 1.77. The van der Waals surface area contributed by atoms with Gasteiger partial charge in [0.25, 0.3) is 0 Å². The predicted molar refractivity (Wildman–Crippen MR) is 71.1 cm³/mol. The van der Waals surface area contributed by atoms with Crippen LogP contribution in [0.25, 0.3) is 0 Å². The van der Waals surface area contributed by atoms with Crippen molar-refractivity contribution in [3.63, 3.8) is 0 Å². The van der Waals surface area contributed by atoms with E-state index < -0.39 is 0 Å². The van der Waals surface area contributed by atoms with Crippen LogP contribution in [0.2, 0.25) is 0 Å². The summed E-state index contributed by atoms with van der Waals surface area (Å²) in [5, 5.41) is 5.83. The van der Waals surface area contributed by atoms with Gasteiger partial charge in [-0.1, -0.05) is 13.3 Å². The maximum absolute atomic E-state index is 11.8. The van der Waals surface area contributed by atoms with E-state index in [0.717, 1.165) is 32.2 Å². The molecule has 18 heavy (non-hydrogen) atoms. The largest absolute Gasteiger partial charge is 0.356 e. The van der Waals surface area contributed by atoms with Gasteiger partial charge in [-0.3, -0.25) is 9.59 Å². The average Bonchev–Trinajstić information content (AvgIpc) is 2.39. The smallest absolute Gasteiger partial charge is 0.236 e. The molecule has 2 N–H and O–H groups in total. The number of hydrogen-bond donors (Lipinski definition) is 2. The molecule has 5 nitrogen and oxygen atoms in total. The number of amides is 2. The van der Waals surface area contributed by atoms with E-state index in [1.165, 1.54) is 0 Å². The Morgan fingerprint density at radius 1 is 1.28 bits per heavy atom. The first-order chi connectivity index (χ1) is 8.69. The Hall–Kier alpha value is -1.10. The van der Waals surface area contributed by atoms with Crippen LogP contribution in [0.1, 0.15) is 32.6 Å². The Labute approximate surface area is 109 Å². The molecule has 0 unspecified atom stereocenters. The van der Waals surface area contributed by atoms with Crippen LogP contribution in [0, 0.1) is 5.92 Å². The van der Waals surface area contributed by atoms with E-state index in [-0.39, 0.29) is 17.7 Å². The van der Waals surface area contributed by atoms with Gasteiger partial charge in [-0.2, -0.15) is 0 Å². The Morgan fingerprint density at radius 3 is 2.50 bits per heavy atom. The fraction of sp³-hybridized carbons (Fsp3) is 0.846. The maximum atomic E-state index is 11.8. The van der Waals surface area contributed by atoms with Gasteiger partial charge in [0, 0.05) is 25.6 Å². The van der Waals surface area contributed by atoms with Crippen molar-refractivity contribution < 1.29 is 9.59 Å². The fourth-order valence-corrected chi connectivity index (χ4v) is 2.19. The van der Waals surface area contributed by atoms with Gasteiger partial charge in [0.2, 0.25) is 11.8 Å². The lowest BCUT2D eigenvalue weighted by molar-refractivity contribution is -0.134. The van der Waals surface area contributed by atoms with Crippen LogP contribution >= 0.6 is 0 Å². The summed E-state index contributed by atoms with van der Waals surface area (Å²) < 4.78 is 0. The van der Waals surface area contributed by atoms with Crippen molar-refractivity contribution >= 4 is 11.8 Å². The lowest BCUT2D eigenvalue weighted by Gasteiger charge is -2.31.